The molecule has 2 fully saturated rings. The third-order valence-electron chi connectivity index (χ3n) is 5.96. The molecule has 1 saturated heterocycles. The van der Waals surface area contributed by atoms with Gasteiger partial charge in [-0.05, 0) is 81.1 Å². The molecule has 5 heteroatoms. The van der Waals surface area contributed by atoms with Crippen molar-refractivity contribution in [2.24, 2.45) is 11.8 Å². The summed E-state index contributed by atoms with van der Waals surface area (Å²) in [5.74, 6) is 2.70. The lowest BCUT2D eigenvalue weighted by Gasteiger charge is -2.28. The summed E-state index contributed by atoms with van der Waals surface area (Å²) < 4.78 is 11.6. The standard InChI is InChI=1S/C22H34N2O3/c1-16(18-6-5-11-23-15-18)12-22(25)24-14-17-9-10-20(26-2)21(13-17)27-19-7-3-4-8-19/h9-10,13,16,18-19,23H,3-8,11-12,14-15H2,1-2H3,(H,24,25). The molecular weight excluding hydrogens is 340 g/mol. The summed E-state index contributed by atoms with van der Waals surface area (Å²) in [4.78, 5) is 12.4. The molecule has 1 aromatic rings. The van der Waals surface area contributed by atoms with E-state index in [0.29, 0.717) is 24.8 Å². The average molecular weight is 375 g/mol. The normalized spacial score (nSPS) is 21.6. The number of amides is 1. The van der Waals surface area contributed by atoms with Gasteiger partial charge in [-0.2, -0.15) is 0 Å². The highest BCUT2D eigenvalue weighted by Crippen LogP contribution is 2.32. The maximum Gasteiger partial charge on any atom is 0.220 e. The van der Waals surface area contributed by atoms with E-state index in [9.17, 15) is 4.79 Å². The monoisotopic (exact) mass is 374 g/mol. The quantitative estimate of drug-likeness (QED) is 0.729. The van der Waals surface area contributed by atoms with E-state index in [1.54, 1.807) is 7.11 Å². The second-order valence-electron chi connectivity index (χ2n) is 8.07. The van der Waals surface area contributed by atoms with Crippen molar-refractivity contribution in [3.05, 3.63) is 23.8 Å². The Balaban J connectivity index is 1.51. The summed E-state index contributed by atoms with van der Waals surface area (Å²) in [7, 11) is 1.67. The van der Waals surface area contributed by atoms with Gasteiger partial charge in [-0.3, -0.25) is 4.79 Å². The van der Waals surface area contributed by atoms with Crippen molar-refractivity contribution in [3.8, 4) is 11.5 Å². The summed E-state index contributed by atoms with van der Waals surface area (Å²) >= 11 is 0. The number of hydrogen-bond donors (Lipinski definition) is 2. The molecular formula is C22H34N2O3. The molecule has 2 atom stereocenters. The Morgan fingerprint density at radius 1 is 1.22 bits per heavy atom. The van der Waals surface area contributed by atoms with Crippen molar-refractivity contribution in [3.63, 3.8) is 0 Å². The van der Waals surface area contributed by atoms with Crippen molar-refractivity contribution in [2.45, 2.75) is 64.5 Å². The fourth-order valence-electron chi connectivity index (χ4n) is 4.21. The lowest BCUT2D eigenvalue weighted by Crippen LogP contribution is -2.35. The smallest absolute Gasteiger partial charge is 0.220 e. The van der Waals surface area contributed by atoms with Crippen LogP contribution in [-0.4, -0.2) is 32.2 Å². The lowest BCUT2D eigenvalue weighted by atomic mass is 9.85. The zero-order chi connectivity index (χ0) is 19.1. The van der Waals surface area contributed by atoms with Gasteiger partial charge in [0.2, 0.25) is 5.91 Å². The van der Waals surface area contributed by atoms with Crippen LogP contribution in [0.1, 0.15) is 57.4 Å². The molecule has 2 unspecified atom stereocenters. The van der Waals surface area contributed by atoms with Gasteiger partial charge in [-0.25, -0.2) is 0 Å². The molecule has 0 radical (unpaired) electrons. The van der Waals surface area contributed by atoms with Crippen molar-refractivity contribution < 1.29 is 14.3 Å². The maximum absolute atomic E-state index is 12.4. The van der Waals surface area contributed by atoms with Crippen molar-refractivity contribution in [2.75, 3.05) is 20.2 Å². The van der Waals surface area contributed by atoms with Gasteiger partial charge in [-0.1, -0.05) is 13.0 Å². The van der Waals surface area contributed by atoms with Crippen molar-refractivity contribution in [1.29, 1.82) is 0 Å². The topological polar surface area (TPSA) is 59.6 Å². The van der Waals surface area contributed by atoms with Crippen LogP contribution in [-0.2, 0) is 11.3 Å². The number of carbonyl (C=O) groups is 1. The van der Waals surface area contributed by atoms with E-state index in [2.05, 4.69) is 17.6 Å². The summed E-state index contributed by atoms with van der Waals surface area (Å²) in [6.07, 6.45) is 8.00. The molecule has 150 valence electrons. The van der Waals surface area contributed by atoms with Crippen LogP contribution in [0.3, 0.4) is 0 Å². The zero-order valence-electron chi connectivity index (χ0n) is 16.8. The first-order chi connectivity index (χ1) is 13.2. The molecule has 0 aromatic heterocycles. The third-order valence-corrected chi connectivity index (χ3v) is 5.96. The van der Waals surface area contributed by atoms with E-state index in [1.807, 2.05) is 18.2 Å². The highest BCUT2D eigenvalue weighted by Gasteiger charge is 2.22. The van der Waals surface area contributed by atoms with Gasteiger partial charge >= 0.3 is 0 Å². The molecule has 1 amide bonds. The minimum atomic E-state index is 0.127. The summed E-state index contributed by atoms with van der Waals surface area (Å²) in [5, 5.41) is 6.51. The number of rotatable bonds is 8. The Kier molecular flexibility index (Phi) is 7.39. The van der Waals surface area contributed by atoms with Crippen LogP contribution in [0.25, 0.3) is 0 Å². The molecule has 1 aliphatic carbocycles. The van der Waals surface area contributed by atoms with Crippen LogP contribution < -0.4 is 20.1 Å². The first-order valence-corrected chi connectivity index (χ1v) is 10.5. The molecule has 0 spiro atoms. The van der Waals surface area contributed by atoms with Gasteiger partial charge in [0, 0.05) is 13.0 Å². The Hall–Kier alpha value is -1.75. The van der Waals surface area contributed by atoms with E-state index in [0.717, 1.165) is 43.0 Å². The lowest BCUT2D eigenvalue weighted by molar-refractivity contribution is -0.122. The fourth-order valence-corrected chi connectivity index (χ4v) is 4.21. The Bertz CT molecular complexity index is 608. The van der Waals surface area contributed by atoms with Crippen molar-refractivity contribution in [1.82, 2.24) is 10.6 Å². The summed E-state index contributed by atoms with van der Waals surface area (Å²) in [6, 6.07) is 5.93. The van der Waals surface area contributed by atoms with Crippen LogP contribution in [0.4, 0.5) is 0 Å². The number of piperidine rings is 1. The highest BCUT2D eigenvalue weighted by molar-refractivity contribution is 5.76. The van der Waals surface area contributed by atoms with Gasteiger partial charge in [0.1, 0.15) is 0 Å². The van der Waals surface area contributed by atoms with Gasteiger partial charge < -0.3 is 20.1 Å². The SMILES string of the molecule is COc1ccc(CNC(=O)CC(C)C2CCCNC2)cc1OC1CCCC1. The Morgan fingerprint density at radius 3 is 2.74 bits per heavy atom. The number of hydrogen-bond acceptors (Lipinski definition) is 4. The molecule has 0 bridgehead atoms. The minimum Gasteiger partial charge on any atom is -0.493 e. The van der Waals surface area contributed by atoms with Crippen molar-refractivity contribution >= 4 is 5.91 Å². The summed E-state index contributed by atoms with van der Waals surface area (Å²) in [5.41, 5.74) is 1.05. The highest BCUT2D eigenvalue weighted by atomic mass is 16.5. The largest absolute Gasteiger partial charge is 0.493 e. The number of carbonyl (C=O) groups excluding carboxylic acids is 1. The van der Waals surface area contributed by atoms with Crippen LogP contribution in [0, 0.1) is 11.8 Å². The Labute approximate surface area is 163 Å². The molecule has 2 aliphatic rings. The maximum atomic E-state index is 12.4. The van der Waals surface area contributed by atoms with Crippen LogP contribution in [0.2, 0.25) is 0 Å². The molecule has 1 heterocycles. The van der Waals surface area contributed by atoms with E-state index < -0.39 is 0 Å². The molecule has 1 saturated carbocycles. The van der Waals surface area contributed by atoms with Gasteiger partial charge in [-0.15, -0.1) is 0 Å². The van der Waals surface area contributed by atoms with Gasteiger partial charge in [0.15, 0.2) is 11.5 Å². The second kappa shape index (κ2) is 9.98. The molecule has 27 heavy (non-hydrogen) atoms. The Morgan fingerprint density at radius 2 is 2.04 bits per heavy atom. The van der Waals surface area contributed by atoms with Crippen LogP contribution in [0.15, 0.2) is 18.2 Å². The molecule has 2 N–H and O–H groups in total. The molecule has 1 aliphatic heterocycles. The molecule has 5 nitrogen and oxygen atoms in total. The van der Waals surface area contributed by atoms with Crippen LogP contribution in [0.5, 0.6) is 11.5 Å². The van der Waals surface area contributed by atoms with E-state index >= 15 is 0 Å². The average Bonchev–Trinajstić information content (AvgIpc) is 3.20. The van der Waals surface area contributed by atoms with Gasteiger partial charge in [0.05, 0.1) is 13.2 Å². The predicted octanol–water partition coefficient (Wildman–Crippen LogP) is 3.66. The minimum absolute atomic E-state index is 0.127. The predicted molar refractivity (Wildman–Crippen MR) is 107 cm³/mol. The molecule has 3 rings (SSSR count). The van der Waals surface area contributed by atoms with Gasteiger partial charge in [0.25, 0.3) is 0 Å². The fraction of sp³-hybridized carbons (Fsp3) is 0.682. The van der Waals surface area contributed by atoms with Crippen LogP contribution >= 0.6 is 0 Å². The number of nitrogens with one attached hydrogen (secondary N) is 2. The van der Waals surface area contributed by atoms with E-state index in [-0.39, 0.29) is 12.0 Å². The molecule has 1 aromatic carbocycles. The summed E-state index contributed by atoms with van der Waals surface area (Å²) in [6.45, 7) is 4.87. The first-order valence-electron chi connectivity index (χ1n) is 10.5. The van der Waals surface area contributed by atoms with E-state index in [1.165, 1.54) is 25.7 Å². The van der Waals surface area contributed by atoms with E-state index in [4.69, 9.17) is 9.47 Å². The second-order valence-corrected chi connectivity index (χ2v) is 8.07. The number of methoxy groups -OCH3 is 1. The third kappa shape index (κ3) is 5.86. The number of benzene rings is 1. The zero-order valence-corrected chi connectivity index (χ0v) is 16.8. The first kappa shape index (κ1) is 20.0. The number of ether oxygens (including phenoxy) is 2.